The van der Waals surface area contributed by atoms with Crippen molar-refractivity contribution in [1.82, 2.24) is 4.90 Å². The van der Waals surface area contributed by atoms with Gasteiger partial charge in [0.25, 0.3) is 0 Å². The smallest absolute Gasteiger partial charge is 0.313 e. The van der Waals surface area contributed by atoms with Gasteiger partial charge in [-0.1, -0.05) is 30.3 Å². The maximum atomic E-state index is 11.2. The Kier molecular flexibility index (Phi) is 4.33. The lowest BCUT2D eigenvalue weighted by Crippen LogP contribution is -2.47. The standard InChI is InChI=1S/C14H19NO3/c1-11(9-16)15(8-13-10-18-14(13)17)7-12-5-3-2-4-6-12/h2-6,11,13,16H,7-10H2,1H3. The highest BCUT2D eigenvalue weighted by Gasteiger charge is 2.33. The minimum Gasteiger partial charge on any atom is -0.464 e. The highest BCUT2D eigenvalue weighted by Crippen LogP contribution is 2.17. The molecule has 1 aliphatic rings. The zero-order valence-electron chi connectivity index (χ0n) is 10.6. The van der Waals surface area contributed by atoms with Gasteiger partial charge in [0.1, 0.15) is 12.5 Å². The second kappa shape index (κ2) is 5.98. The van der Waals surface area contributed by atoms with Gasteiger partial charge in [-0.15, -0.1) is 0 Å². The summed E-state index contributed by atoms with van der Waals surface area (Å²) in [7, 11) is 0. The lowest BCUT2D eigenvalue weighted by molar-refractivity contribution is -0.170. The molecular weight excluding hydrogens is 230 g/mol. The van der Waals surface area contributed by atoms with Crippen LogP contribution in [-0.4, -0.2) is 41.8 Å². The van der Waals surface area contributed by atoms with Gasteiger partial charge in [0.15, 0.2) is 0 Å². The van der Waals surface area contributed by atoms with Crippen LogP contribution in [0.4, 0.5) is 0 Å². The number of esters is 1. The normalized spacial score (nSPS) is 20.4. The zero-order valence-corrected chi connectivity index (χ0v) is 10.6. The van der Waals surface area contributed by atoms with Gasteiger partial charge in [-0.25, -0.2) is 0 Å². The van der Waals surface area contributed by atoms with Crippen molar-refractivity contribution >= 4 is 5.97 Å². The topological polar surface area (TPSA) is 49.8 Å². The van der Waals surface area contributed by atoms with Crippen molar-refractivity contribution in [3.05, 3.63) is 35.9 Å². The number of hydrogen-bond acceptors (Lipinski definition) is 4. The summed E-state index contributed by atoms with van der Waals surface area (Å²) in [6, 6.07) is 10.1. The van der Waals surface area contributed by atoms with E-state index in [9.17, 15) is 9.90 Å². The molecule has 0 bridgehead atoms. The molecule has 1 saturated heterocycles. The van der Waals surface area contributed by atoms with Crippen molar-refractivity contribution in [1.29, 1.82) is 0 Å². The molecule has 1 N–H and O–H groups in total. The lowest BCUT2D eigenvalue weighted by atomic mass is 10.0. The number of benzene rings is 1. The van der Waals surface area contributed by atoms with Gasteiger partial charge in [0, 0.05) is 19.1 Å². The van der Waals surface area contributed by atoms with Crippen LogP contribution in [0.2, 0.25) is 0 Å². The second-order valence-electron chi connectivity index (χ2n) is 4.77. The minimum atomic E-state index is -0.127. The predicted octanol–water partition coefficient (Wildman–Crippen LogP) is 1.04. The van der Waals surface area contributed by atoms with E-state index in [0.29, 0.717) is 13.2 Å². The quantitative estimate of drug-likeness (QED) is 0.765. The summed E-state index contributed by atoms with van der Waals surface area (Å²) < 4.78 is 4.78. The molecule has 2 unspecified atom stereocenters. The van der Waals surface area contributed by atoms with Gasteiger partial charge in [-0.05, 0) is 12.5 Å². The summed E-state index contributed by atoms with van der Waals surface area (Å²) >= 11 is 0. The fourth-order valence-electron chi connectivity index (χ4n) is 2.01. The summed E-state index contributed by atoms with van der Waals surface area (Å²) in [5, 5.41) is 9.29. The molecule has 1 fully saturated rings. The monoisotopic (exact) mass is 249 g/mol. The third kappa shape index (κ3) is 3.09. The summed E-state index contributed by atoms with van der Waals surface area (Å²) in [5.41, 5.74) is 1.19. The number of rotatable bonds is 6. The first-order chi connectivity index (χ1) is 8.70. The van der Waals surface area contributed by atoms with E-state index in [1.165, 1.54) is 5.56 Å². The Morgan fingerprint density at radius 2 is 2.17 bits per heavy atom. The van der Waals surface area contributed by atoms with Crippen molar-refractivity contribution in [2.24, 2.45) is 5.92 Å². The van der Waals surface area contributed by atoms with Crippen molar-refractivity contribution in [2.45, 2.75) is 19.5 Å². The van der Waals surface area contributed by atoms with Crippen LogP contribution in [0.3, 0.4) is 0 Å². The lowest BCUT2D eigenvalue weighted by Gasteiger charge is -2.34. The molecule has 0 saturated carbocycles. The molecule has 4 nitrogen and oxygen atoms in total. The molecule has 98 valence electrons. The summed E-state index contributed by atoms with van der Waals surface area (Å²) in [5.74, 6) is -0.166. The van der Waals surface area contributed by atoms with Gasteiger partial charge >= 0.3 is 5.97 Å². The van der Waals surface area contributed by atoms with Crippen LogP contribution in [0.5, 0.6) is 0 Å². The van der Waals surface area contributed by atoms with Gasteiger partial charge in [-0.2, -0.15) is 0 Å². The molecular formula is C14H19NO3. The van der Waals surface area contributed by atoms with E-state index < -0.39 is 0 Å². The van der Waals surface area contributed by atoms with E-state index in [0.717, 1.165) is 6.54 Å². The molecule has 0 spiro atoms. The molecule has 2 atom stereocenters. The maximum Gasteiger partial charge on any atom is 0.313 e. The fraction of sp³-hybridized carbons (Fsp3) is 0.500. The Balaban J connectivity index is 1.98. The molecule has 1 aromatic carbocycles. The molecule has 0 aromatic heterocycles. The molecule has 0 aliphatic carbocycles. The molecule has 1 aliphatic heterocycles. The molecule has 18 heavy (non-hydrogen) atoms. The summed E-state index contributed by atoms with van der Waals surface area (Å²) in [6.07, 6.45) is 0. The molecule has 1 heterocycles. The van der Waals surface area contributed by atoms with E-state index >= 15 is 0 Å². The number of nitrogens with zero attached hydrogens (tertiary/aromatic N) is 1. The van der Waals surface area contributed by atoms with Gasteiger partial charge in [0.2, 0.25) is 0 Å². The maximum absolute atomic E-state index is 11.2. The molecule has 0 radical (unpaired) electrons. The van der Waals surface area contributed by atoms with Gasteiger partial charge in [-0.3, -0.25) is 9.69 Å². The van der Waals surface area contributed by atoms with Crippen molar-refractivity contribution < 1.29 is 14.6 Å². The highest BCUT2D eigenvalue weighted by atomic mass is 16.6. The van der Waals surface area contributed by atoms with Crippen LogP contribution in [0.15, 0.2) is 30.3 Å². The van der Waals surface area contributed by atoms with Crippen LogP contribution >= 0.6 is 0 Å². The number of hydrogen-bond donors (Lipinski definition) is 1. The number of ether oxygens (including phenoxy) is 1. The first-order valence-corrected chi connectivity index (χ1v) is 6.26. The Bertz CT molecular complexity index is 393. The SMILES string of the molecule is CC(CO)N(Cc1ccccc1)CC1COC1=O. The van der Waals surface area contributed by atoms with E-state index in [1.54, 1.807) is 0 Å². The van der Waals surface area contributed by atoms with Crippen LogP contribution in [0.25, 0.3) is 0 Å². The highest BCUT2D eigenvalue weighted by molar-refractivity contribution is 5.77. The van der Waals surface area contributed by atoms with Crippen LogP contribution in [0, 0.1) is 5.92 Å². The Morgan fingerprint density at radius 1 is 1.44 bits per heavy atom. The summed E-state index contributed by atoms with van der Waals surface area (Å²) in [6.45, 7) is 3.95. The number of aliphatic hydroxyl groups excluding tert-OH is 1. The van der Waals surface area contributed by atoms with Crippen LogP contribution in [0.1, 0.15) is 12.5 Å². The second-order valence-corrected chi connectivity index (χ2v) is 4.77. The largest absolute Gasteiger partial charge is 0.464 e. The zero-order chi connectivity index (χ0) is 13.0. The van der Waals surface area contributed by atoms with Crippen molar-refractivity contribution in [3.63, 3.8) is 0 Å². The third-order valence-corrected chi connectivity index (χ3v) is 3.33. The van der Waals surface area contributed by atoms with Crippen molar-refractivity contribution in [3.8, 4) is 0 Å². The molecule has 0 amide bonds. The number of carbonyl (C=O) groups is 1. The van der Waals surface area contributed by atoms with E-state index in [4.69, 9.17) is 4.74 Å². The van der Waals surface area contributed by atoms with E-state index in [1.807, 2.05) is 25.1 Å². The Labute approximate surface area is 107 Å². The number of cyclic esters (lactones) is 1. The van der Waals surface area contributed by atoms with Gasteiger partial charge < -0.3 is 9.84 Å². The van der Waals surface area contributed by atoms with E-state index in [-0.39, 0.29) is 24.5 Å². The number of aliphatic hydroxyl groups is 1. The Morgan fingerprint density at radius 3 is 2.67 bits per heavy atom. The van der Waals surface area contributed by atoms with E-state index in [2.05, 4.69) is 17.0 Å². The summed E-state index contributed by atoms with van der Waals surface area (Å²) in [4.78, 5) is 13.3. The molecule has 1 aromatic rings. The first kappa shape index (κ1) is 13.1. The molecule has 2 rings (SSSR count). The average molecular weight is 249 g/mol. The van der Waals surface area contributed by atoms with Crippen LogP contribution in [-0.2, 0) is 16.1 Å². The fourth-order valence-corrected chi connectivity index (χ4v) is 2.01. The third-order valence-electron chi connectivity index (χ3n) is 3.33. The minimum absolute atomic E-state index is 0.0392. The Hall–Kier alpha value is -1.39. The predicted molar refractivity (Wildman–Crippen MR) is 67.8 cm³/mol. The average Bonchev–Trinajstić information content (AvgIpc) is 2.41. The van der Waals surface area contributed by atoms with Gasteiger partial charge in [0.05, 0.1) is 6.61 Å². The van der Waals surface area contributed by atoms with Crippen LogP contribution < -0.4 is 0 Å². The first-order valence-electron chi connectivity index (χ1n) is 6.26. The molecule has 4 heteroatoms. The van der Waals surface area contributed by atoms with Crippen molar-refractivity contribution in [2.75, 3.05) is 19.8 Å². The number of carbonyl (C=O) groups excluding carboxylic acids is 1.